The summed E-state index contributed by atoms with van der Waals surface area (Å²) in [5.74, 6) is -0.0776. The Morgan fingerprint density at radius 3 is 2.48 bits per heavy atom. The van der Waals surface area contributed by atoms with Crippen molar-refractivity contribution < 1.29 is 14.0 Å². The molecular formula is C19H18N4O4. The highest BCUT2D eigenvalue weighted by Crippen LogP contribution is 2.10. The molecule has 3 heterocycles. The van der Waals surface area contributed by atoms with Crippen molar-refractivity contribution in [3.05, 3.63) is 65.0 Å². The van der Waals surface area contributed by atoms with Gasteiger partial charge in [0, 0.05) is 31.6 Å². The Kier molecular flexibility index (Phi) is 4.45. The molecule has 1 aromatic carbocycles. The third-order valence-electron chi connectivity index (χ3n) is 4.70. The lowest BCUT2D eigenvalue weighted by molar-refractivity contribution is -0.133. The molecule has 0 spiro atoms. The maximum Gasteiger partial charge on any atom is 0.289 e. The molecule has 0 saturated carbocycles. The second-order valence-electron chi connectivity index (χ2n) is 6.34. The normalized spacial score (nSPS) is 14.5. The summed E-state index contributed by atoms with van der Waals surface area (Å²) in [6, 6.07) is 10.4. The monoisotopic (exact) mass is 366 g/mol. The summed E-state index contributed by atoms with van der Waals surface area (Å²) in [5.41, 5.74) is -0.284. The van der Waals surface area contributed by atoms with Gasteiger partial charge in [-0.1, -0.05) is 18.2 Å². The molecule has 0 radical (unpaired) electrons. The smallest absolute Gasteiger partial charge is 0.289 e. The van der Waals surface area contributed by atoms with E-state index in [2.05, 4.69) is 5.10 Å². The van der Waals surface area contributed by atoms with Gasteiger partial charge < -0.3 is 14.2 Å². The van der Waals surface area contributed by atoms with Crippen LogP contribution in [0.3, 0.4) is 0 Å². The van der Waals surface area contributed by atoms with Crippen LogP contribution >= 0.6 is 0 Å². The van der Waals surface area contributed by atoms with Crippen molar-refractivity contribution in [1.29, 1.82) is 0 Å². The molecule has 2 amide bonds. The van der Waals surface area contributed by atoms with Crippen LogP contribution in [-0.2, 0) is 11.3 Å². The Bertz CT molecular complexity index is 1030. The highest BCUT2D eigenvalue weighted by molar-refractivity contribution is 5.91. The summed E-state index contributed by atoms with van der Waals surface area (Å²) < 4.78 is 6.32. The van der Waals surface area contributed by atoms with Crippen molar-refractivity contribution in [2.24, 2.45) is 0 Å². The fourth-order valence-electron chi connectivity index (χ4n) is 3.18. The largest absolute Gasteiger partial charge is 0.459 e. The molecule has 8 nitrogen and oxygen atoms in total. The molecule has 27 heavy (non-hydrogen) atoms. The first-order valence-corrected chi connectivity index (χ1v) is 8.69. The Balaban J connectivity index is 1.41. The van der Waals surface area contributed by atoms with Crippen LogP contribution in [0.25, 0.3) is 10.8 Å². The standard InChI is InChI=1S/C19H18N4O4/c24-17(13-23-18(25)15-5-2-1-4-14(15)12-20-23)21-7-9-22(10-8-21)19(26)16-6-3-11-27-16/h1-6,11-12H,7-10,13H2. The number of carbonyl (C=O) groups is 2. The number of piperazine rings is 1. The first-order valence-electron chi connectivity index (χ1n) is 8.69. The van der Waals surface area contributed by atoms with Crippen molar-refractivity contribution in [3.8, 4) is 0 Å². The van der Waals surface area contributed by atoms with Crippen LogP contribution in [0, 0.1) is 0 Å². The second-order valence-corrected chi connectivity index (χ2v) is 6.34. The summed E-state index contributed by atoms with van der Waals surface area (Å²) in [5, 5.41) is 5.38. The molecule has 1 saturated heterocycles. The molecular weight excluding hydrogens is 348 g/mol. The molecule has 138 valence electrons. The van der Waals surface area contributed by atoms with Gasteiger partial charge in [-0.25, -0.2) is 4.68 Å². The average Bonchev–Trinajstić information content (AvgIpc) is 3.25. The first-order chi connectivity index (χ1) is 13.1. The van der Waals surface area contributed by atoms with Gasteiger partial charge in [0.15, 0.2) is 5.76 Å². The maximum atomic E-state index is 12.6. The van der Waals surface area contributed by atoms with Crippen LogP contribution in [0.5, 0.6) is 0 Å². The second kappa shape index (κ2) is 7.06. The van der Waals surface area contributed by atoms with Gasteiger partial charge in [0.05, 0.1) is 17.8 Å². The van der Waals surface area contributed by atoms with Crippen LogP contribution < -0.4 is 5.56 Å². The predicted octanol–water partition coefficient (Wildman–Crippen LogP) is 0.974. The van der Waals surface area contributed by atoms with Crippen molar-refractivity contribution >= 4 is 22.6 Å². The van der Waals surface area contributed by atoms with E-state index < -0.39 is 0 Å². The topological polar surface area (TPSA) is 88.7 Å². The highest BCUT2D eigenvalue weighted by Gasteiger charge is 2.26. The molecule has 4 rings (SSSR count). The van der Waals surface area contributed by atoms with Crippen molar-refractivity contribution in [1.82, 2.24) is 19.6 Å². The number of carbonyl (C=O) groups excluding carboxylic acids is 2. The zero-order valence-corrected chi connectivity index (χ0v) is 14.6. The zero-order valence-electron chi connectivity index (χ0n) is 14.6. The van der Waals surface area contributed by atoms with Crippen LogP contribution in [0.1, 0.15) is 10.6 Å². The highest BCUT2D eigenvalue weighted by atomic mass is 16.3. The molecule has 0 atom stereocenters. The fraction of sp³-hybridized carbons (Fsp3) is 0.263. The summed E-state index contributed by atoms with van der Waals surface area (Å²) in [6.07, 6.45) is 3.05. The quantitative estimate of drug-likeness (QED) is 0.689. The van der Waals surface area contributed by atoms with E-state index in [0.29, 0.717) is 37.3 Å². The van der Waals surface area contributed by atoms with Gasteiger partial charge in [-0.2, -0.15) is 5.10 Å². The molecule has 3 aromatic rings. The van der Waals surface area contributed by atoms with E-state index in [9.17, 15) is 14.4 Å². The molecule has 1 aliphatic heterocycles. The SMILES string of the molecule is O=C(Cn1ncc2ccccc2c1=O)N1CCN(C(=O)c2ccco2)CC1. The van der Waals surface area contributed by atoms with Crippen molar-refractivity contribution in [2.45, 2.75) is 6.54 Å². The number of fused-ring (bicyclic) bond motifs is 1. The van der Waals surface area contributed by atoms with E-state index >= 15 is 0 Å². The van der Waals surface area contributed by atoms with E-state index in [0.717, 1.165) is 5.39 Å². The zero-order chi connectivity index (χ0) is 18.8. The van der Waals surface area contributed by atoms with Gasteiger partial charge in [0.25, 0.3) is 11.5 Å². The number of nitrogens with zero attached hydrogens (tertiary/aromatic N) is 4. The predicted molar refractivity (Wildman–Crippen MR) is 97.2 cm³/mol. The van der Waals surface area contributed by atoms with Crippen LogP contribution in [0.4, 0.5) is 0 Å². The summed E-state index contributed by atoms with van der Waals surface area (Å²) in [4.78, 5) is 40.6. The lowest BCUT2D eigenvalue weighted by Gasteiger charge is -2.34. The number of benzene rings is 1. The number of furan rings is 1. The van der Waals surface area contributed by atoms with E-state index in [1.54, 1.807) is 40.3 Å². The third-order valence-corrected chi connectivity index (χ3v) is 4.70. The van der Waals surface area contributed by atoms with Gasteiger partial charge in [0.2, 0.25) is 5.91 Å². The Hall–Kier alpha value is -3.42. The number of hydrogen-bond acceptors (Lipinski definition) is 5. The van der Waals surface area contributed by atoms with Crippen LogP contribution in [0.2, 0.25) is 0 Å². The Morgan fingerprint density at radius 1 is 1.00 bits per heavy atom. The summed E-state index contributed by atoms with van der Waals surface area (Å²) in [6.45, 7) is 1.55. The lowest BCUT2D eigenvalue weighted by Crippen LogP contribution is -2.51. The van der Waals surface area contributed by atoms with Gasteiger partial charge in [-0.3, -0.25) is 14.4 Å². The first kappa shape index (κ1) is 17.0. The van der Waals surface area contributed by atoms with Crippen LogP contribution in [-0.4, -0.2) is 57.6 Å². The molecule has 0 aliphatic carbocycles. The van der Waals surface area contributed by atoms with Gasteiger partial charge in [-0.15, -0.1) is 0 Å². The molecule has 2 aromatic heterocycles. The molecule has 1 aliphatic rings. The molecule has 0 unspecified atom stereocenters. The summed E-state index contributed by atoms with van der Waals surface area (Å²) >= 11 is 0. The maximum absolute atomic E-state index is 12.6. The number of rotatable bonds is 3. The average molecular weight is 366 g/mol. The molecule has 0 N–H and O–H groups in total. The van der Waals surface area contributed by atoms with Crippen molar-refractivity contribution in [2.75, 3.05) is 26.2 Å². The Labute approximate surface area is 154 Å². The number of amides is 2. The van der Waals surface area contributed by atoms with E-state index in [-0.39, 0.29) is 23.9 Å². The van der Waals surface area contributed by atoms with E-state index in [4.69, 9.17) is 4.42 Å². The lowest BCUT2D eigenvalue weighted by atomic mass is 10.2. The molecule has 8 heteroatoms. The van der Waals surface area contributed by atoms with Crippen molar-refractivity contribution in [3.63, 3.8) is 0 Å². The fourth-order valence-corrected chi connectivity index (χ4v) is 3.18. The molecule has 0 bridgehead atoms. The van der Waals surface area contributed by atoms with Crippen LogP contribution in [0.15, 0.2) is 58.1 Å². The number of aromatic nitrogens is 2. The van der Waals surface area contributed by atoms with E-state index in [1.165, 1.54) is 10.9 Å². The third kappa shape index (κ3) is 3.33. The van der Waals surface area contributed by atoms with Gasteiger partial charge >= 0.3 is 0 Å². The van der Waals surface area contributed by atoms with Gasteiger partial charge in [0.1, 0.15) is 6.54 Å². The van der Waals surface area contributed by atoms with Gasteiger partial charge in [-0.05, 0) is 18.2 Å². The molecule has 1 fully saturated rings. The summed E-state index contributed by atoms with van der Waals surface area (Å²) in [7, 11) is 0. The minimum atomic E-state index is -0.284. The minimum Gasteiger partial charge on any atom is -0.459 e. The minimum absolute atomic E-state index is 0.115. The Morgan fingerprint density at radius 2 is 1.74 bits per heavy atom. The van der Waals surface area contributed by atoms with E-state index in [1.807, 2.05) is 12.1 Å². The number of hydrogen-bond donors (Lipinski definition) is 0.